The van der Waals surface area contributed by atoms with Gasteiger partial charge in [-0.15, -0.1) is 5.10 Å². The van der Waals surface area contributed by atoms with E-state index < -0.39 is 0 Å². The van der Waals surface area contributed by atoms with E-state index in [2.05, 4.69) is 49.6 Å². The molecule has 0 aromatic carbocycles. The van der Waals surface area contributed by atoms with Gasteiger partial charge in [0.05, 0.1) is 11.4 Å². The van der Waals surface area contributed by atoms with Crippen molar-refractivity contribution in [1.82, 2.24) is 15.0 Å². The van der Waals surface area contributed by atoms with Crippen molar-refractivity contribution in [3.63, 3.8) is 0 Å². The molecule has 0 unspecified atom stereocenters. The van der Waals surface area contributed by atoms with Crippen molar-refractivity contribution in [3.05, 3.63) is 11.4 Å². The first-order chi connectivity index (χ1) is 8.00. The summed E-state index contributed by atoms with van der Waals surface area (Å²) in [5.74, 6) is 0. The molecule has 0 aliphatic rings. The van der Waals surface area contributed by atoms with E-state index in [1.54, 1.807) is 0 Å². The summed E-state index contributed by atoms with van der Waals surface area (Å²) in [6.45, 7) is 12.1. The first-order valence-electron chi connectivity index (χ1n) is 6.93. The number of hydrogen-bond donors (Lipinski definition) is 0. The standard InChI is InChI=1S/C14H27N3/c1-6-8-9-10-11-17-12(7-2)13(15-16-17)14(3,4)5/h6-11H2,1-5H3. The van der Waals surface area contributed by atoms with Gasteiger partial charge in [0, 0.05) is 12.0 Å². The van der Waals surface area contributed by atoms with Crippen LogP contribution in [0.1, 0.15) is 71.7 Å². The summed E-state index contributed by atoms with van der Waals surface area (Å²) in [7, 11) is 0. The largest absolute Gasteiger partial charge is 0.249 e. The molecular formula is C14H27N3. The molecule has 0 saturated carbocycles. The maximum Gasteiger partial charge on any atom is 0.0912 e. The number of aromatic nitrogens is 3. The average molecular weight is 237 g/mol. The van der Waals surface area contributed by atoms with E-state index in [0.717, 1.165) is 18.7 Å². The lowest BCUT2D eigenvalue weighted by Crippen LogP contribution is -2.15. The van der Waals surface area contributed by atoms with E-state index in [1.165, 1.54) is 31.4 Å². The predicted octanol–water partition coefficient (Wildman–Crippen LogP) is 3.72. The minimum atomic E-state index is 0.104. The number of rotatable bonds is 6. The number of nitrogens with zero attached hydrogens (tertiary/aromatic N) is 3. The van der Waals surface area contributed by atoms with E-state index in [-0.39, 0.29) is 5.41 Å². The van der Waals surface area contributed by atoms with Crippen molar-refractivity contribution < 1.29 is 0 Å². The molecular weight excluding hydrogens is 210 g/mol. The molecule has 3 heteroatoms. The van der Waals surface area contributed by atoms with Crippen molar-refractivity contribution in [2.24, 2.45) is 0 Å². The topological polar surface area (TPSA) is 30.7 Å². The first-order valence-corrected chi connectivity index (χ1v) is 6.93. The Morgan fingerprint density at radius 3 is 2.29 bits per heavy atom. The average Bonchev–Trinajstić information content (AvgIpc) is 2.67. The van der Waals surface area contributed by atoms with Crippen molar-refractivity contribution in [2.45, 2.75) is 78.7 Å². The van der Waals surface area contributed by atoms with Crippen molar-refractivity contribution in [3.8, 4) is 0 Å². The Hall–Kier alpha value is -0.860. The monoisotopic (exact) mass is 237 g/mol. The molecule has 0 saturated heterocycles. The Kier molecular flexibility index (Phi) is 5.16. The van der Waals surface area contributed by atoms with Gasteiger partial charge in [-0.2, -0.15) is 0 Å². The minimum Gasteiger partial charge on any atom is -0.249 e. The highest BCUT2D eigenvalue weighted by Crippen LogP contribution is 2.24. The predicted molar refractivity (Wildman–Crippen MR) is 72.2 cm³/mol. The molecule has 1 aromatic heterocycles. The molecule has 0 atom stereocenters. The minimum absolute atomic E-state index is 0.104. The number of hydrogen-bond acceptors (Lipinski definition) is 2. The van der Waals surface area contributed by atoms with E-state index in [9.17, 15) is 0 Å². The van der Waals surface area contributed by atoms with Gasteiger partial charge < -0.3 is 0 Å². The zero-order chi connectivity index (χ0) is 12.9. The lowest BCUT2D eigenvalue weighted by molar-refractivity contribution is 0.512. The molecule has 0 amide bonds. The van der Waals surface area contributed by atoms with E-state index in [4.69, 9.17) is 0 Å². The highest BCUT2D eigenvalue weighted by molar-refractivity contribution is 5.18. The smallest absolute Gasteiger partial charge is 0.0912 e. The second kappa shape index (κ2) is 6.18. The lowest BCUT2D eigenvalue weighted by atomic mass is 9.90. The van der Waals surface area contributed by atoms with Crippen LogP contribution in [0, 0.1) is 0 Å². The second-order valence-electron chi connectivity index (χ2n) is 5.77. The Morgan fingerprint density at radius 2 is 1.76 bits per heavy atom. The summed E-state index contributed by atoms with van der Waals surface area (Å²) in [6.07, 6.45) is 6.14. The molecule has 1 heterocycles. The maximum atomic E-state index is 4.37. The molecule has 3 nitrogen and oxygen atoms in total. The fourth-order valence-electron chi connectivity index (χ4n) is 2.13. The van der Waals surface area contributed by atoms with Gasteiger partial charge in [-0.3, -0.25) is 0 Å². The third-order valence-corrected chi connectivity index (χ3v) is 3.11. The van der Waals surface area contributed by atoms with Gasteiger partial charge in [0.25, 0.3) is 0 Å². The Morgan fingerprint density at radius 1 is 1.06 bits per heavy atom. The third-order valence-electron chi connectivity index (χ3n) is 3.11. The fraction of sp³-hybridized carbons (Fsp3) is 0.857. The van der Waals surface area contributed by atoms with Gasteiger partial charge >= 0.3 is 0 Å². The molecule has 0 aliphatic heterocycles. The lowest BCUT2D eigenvalue weighted by Gasteiger charge is -2.17. The van der Waals surface area contributed by atoms with E-state index >= 15 is 0 Å². The van der Waals surface area contributed by atoms with E-state index in [0.29, 0.717) is 0 Å². The van der Waals surface area contributed by atoms with Crippen LogP contribution < -0.4 is 0 Å². The van der Waals surface area contributed by atoms with Crippen LogP contribution in [-0.4, -0.2) is 15.0 Å². The molecule has 17 heavy (non-hydrogen) atoms. The SMILES string of the molecule is CCCCCCn1nnc(C(C)(C)C)c1CC. The van der Waals surface area contributed by atoms with Gasteiger partial charge in [0.1, 0.15) is 0 Å². The number of unbranched alkanes of at least 4 members (excludes halogenated alkanes) is 3. The Bertz CT molecular complexity index is 334. The molecule has 0 bridgehead atoms. The van der Waals surface area contributed by atoms with Gasteiger partial charge in [0.15, 0.2) is 0 Å². The molecule has 0 spiro atoms. The van der Waals surface area contributed by atoms with Crippen LogP contribution in [0.4, 0.5) is 0 Å². The van der Waals surface area contributed by atoms with Crippen LogP contribution >= 0.6 is 0 Å². The van der Waals surface area contributed by atoms with Crippen molar-refractivity contribution in [1.29, 1.82) is 0 Å². The highest BCUT2D eigenvalue weighted by Gasteiger charge is 2.23. The van der Waals surface area contributed by atoms with Crippen LogP contribution in [0.5, 0.6) is 0 Å². The van der Waals surface area contributed by atoms with Gasteiger partial charge in [-0.05, 0) is 12.8 Å². The van der Waals surface area contributed by atoms with Crippen LogP contribution in [0.3, 0.4) is 0 Å². The fourth-order valence-corrected chi connectivity index (χ4v) is 2.13. The normalized spacial score (nSPS) is 12.1. The zero-order valence-corrected chi connectivity index (χ0v) is 12.1. The molecule has 1 aromatic rings. The quantitative estimate of drug-likeness (QED) is 0.706. The highest BCUT2D eigenvalue weighted by atomic mass is 15.4. The summed E-state index contributed by atoms with van der Waals surface area (Å²) in [6, 6.07) is 0. The van der Waals surface area contributed by atoms with Crippen LogP contribution in [-0.2, 0) is 18.4 Å². The van der Waals surface area contributed by atoms with Crippen LogP contribution in [0.15, 0.2) is 0 Å². The van der Waals surface area contributed by atoms with Crippen molar-refractivity contribution >= 4 is 0 Å². The van der Waals surface area contributed by atoms with Gasteiger partial charge in [-0.1, -0.05) is 59.1 Å². The van der Waals surface area contributed by atoms with Crippen molar-refractivity contribution in [2.75, 3.05) is 0 Å². The van der Waals surface area contributed by atoms with Gasteiger partial charge in [0.2, 0.25) is 0 Å². The van der Waals surface area contributed by atoms with Crippen LogP contribution in [0.25, 0.3) is 0 Å². The Labute approximate surface area is 106 Å². The molecule has 0 aliphatic carbocycles. The molecule has 0 fully saturated rings. The number of aryl methyl sites for hydroxylation is 1. The third kappa shape index (κ3) is 3.83. The summed E-state index contributed by atoms with van der Waals surface area (Å²) < 4.78 is 2.11. The Balaban J connectivity index is 2.70. The first kappa shape index (κ1) is 14.2. The summed E-state index contributed by atoms with van der Waals surface area (Å²) in [5, 5.41) is 8.69. The van der Waals surface area contributed by atoms with Gasteiger partial charge in [-0.25, -0.2) is 4.68 Å². The van der Waals surface area contributed by atoms with E-state index in [1.807, 2.05) is 0 Å². The second-order valence-corrected chi connectivity index (χ2v) is 5.77. The zero-order valence-electron chi connectivity index (χ0n) is 12.1. The molecule has 0 N–H and O–H groups in total. The molecule has 1 rings (SSSR count). The summed E-state index contributed by atoms with van der Waals surface area (Å²) >= 11 is 0. The summed E-state index contributed by atoms with van der Waals surface area (Å²) in [4.78, 5) is 0. The molecule has 98 valence electrons. The molecule has 0 radical (unpaired) electrons. The maximum absolute atomic E-state index is 4.37. The summed E-state index contributed by atoms with van der Waals surface area (Å²) in [5.41, 5.74) is 2.58. The van der Waals surface area contributed by atoms with Crippen LogP contribution in [0.2, 0.25) is 0 Å².